The number of rotatable bonds is 3. The van der Waals surface area contributed by atoms with Gasteiger partial charge in [-0.3, -0.25) is 48.4 Å². The molecule has 10 aliphatic heterocycles. The van der Waals surface area contributed by atoms with Gasteiger partial charge in [-0.1, -0.05) is 36.4 Å². The second-order valence-electron chi connectivity index (χ2n) is 13.8. The van der Waals surface area contributed by atoms with E-state index in [1.807, 2.05) is 48.5 Å². The number of nitrogens with one attached hydrogen (secondary N) is 2. The van der Waals surface area contributed by atoms with E-state index in [1.165, 1.54) is 59.3 Å². The molecule has 8 atom stereocenters. The van der Waals surface area contributed by atoms with Crippen molar-refractivity contribution in [2.75, 3.05) is 24.7 Å². The van der Waals surface area contributed by atoms with Crippen LogP contribution in [0.2, 0.25) is 0 Å². The van der Waals surface area contributed by atoms with E-state index in [4.69, 9.17) is 9.47 Å². The molecule has 2 N–H and O–H groups in total. The van der Waals surface area contributed by atoms with E-state index in [0.717, 1.165) is 44.1 Å². The summed E-state index contributed by atoms with van der Waals surface area (Å²) in [6.07, 6.45) is -1.47. The molecule has 2 aromatic carbocycles. The number of esters is 2. The highest BCUT2D eigenvalue weighted by atomic mass is 33.1. The number of benzene rings is 2. The van der Waals surface area contributed by atoms with E-state index in [-0.39, 0.29) is 24.7 Å². The van der Waals surface area contributed by atoms with Gasteiger partial charge in [-0.05, 0) is 66.4 Å². The number of fused-ring (bicyclic) bond motifs is 11. The molecule has 0 saturated carbocycles. The van der Waals surface area contributed by atoms with Crippen molar-refractivity contribution in [1.29, 1.82) is 0 Å². The van der Waals surface area contributed by atoms with Gasteiger partial charge in [0.05, 0.1) is 10.8 Å². The van der Waals surface area contributed by atoms with Crippen LogP contribution < -0.4 is 10.6 Å². The van der Waals surface area contributed by atoms with Gasteiger partial charge in [-0.15, -0.1) is 0 Å². The molecule has 2 aromatic rings. The number of piperazine rings is 2. The Bertz CT molecular complexity index is 1930. The van der Waals surface area contributed by atoms with Gasteiger partial charge < -0.3 is 20.1 Å². The molecule has 10 aliphatic rings. The Hall–Kier alpha value is -3.74. The van der Waals surface area contributed by atoms with Crippen LogP contribution in [0.3, 0.4) is 0 Å². The van der Waals surface area contributed by atoms with Crippen LogP contribution in [0, 0.1) is 0 Å². The fourth-order valence-corrected chi connectivity index (χ4v) is 17.1. The molecule has 8 saturated heterocycles. The van der Waals surface area contributed by atoms with Gasteiger partial charge in [-0.25, -0.2) is 0 Å². The molecule has 258 valence electrons. The zero-order valence-corrected chi connectivity index (χ0v) is 30.1. The summed E-state index contributed by atoms with van der Waals surface area (Å²) in [4.78, 5) is 86.9. The van der Waals surface area contributed by atoms with E-state index in [2.05, 4.69) is 10.6 Å². The Kier molecular flexibility index (Phi) is 5.70. The lowest BCUT2D eigenvalue weighted by atomic mass is 9.54. The molecule has 0 aromatic heterocycles. The first kappa shape index (κ1) is 31.0. The normalized spacial score (nSPS) is 40.9. The predicted molar refractivity (Wildman–Crippen MR) is 184 cm³/mol. The van der Waals surface area contributed by atoms with Crippen molar-refractivity contribution in [2.45, 2.75) is 69.7 Å². The number of carbonyl (C=O) groups is 6. The van der Waals surface area contributed by atoms with Crippen LogP contribution in [0.4, 0.5) is 11.4 Å². The number of hydrogen-bond acceptors (Lipinski definition) is 14. The molecule has 10 heterocycles. The predicted octanol–water partition coefficient (Wildman–Crippen LogP) is 2.39. The summed E-state index contributed by atoms with van der Waals surface area (Å²) in [5, 5.41) is 3.39. The first-order valence-electron chi connectivity index (χ1n) is 15.9. The Morgan fingerprint density at radius 1 is 0.640 bits per heavy atom. The summed E-state index contributed by atoms with van der Waals surface area (Å²) in [6.45, 7) is 2.41. The molecule has 4 amide bonds. The van der Waals surface area contributed by atoms with Crippen LogP contribution in [-0.4, -0.2) is 101 Å². The quantitative estimate of drug-likeness (QED) is 0.348. The van der Waals surface area contributed by atoms with E-state index >= 15 is 0 Å². The van der Waals surface area contributed by atoms with Crippen LogP contribution in [0.5, 0.6) is 0 Å². The molecule has 8 unspecified atom stereocenters. The Balaban J connectivity index is 1.26. The molecule has 0 aliphatic carbocycles. The van der Waals surface area contributed by atoms with Crippen LogP contribution in [-0.2, 0) is 49.1 Å². The maximum atomic E-state index is 14.9. The highest BCUT2D eigenvalue weighted by Crippen LogP contribution is 2.78. The minimum atomic E-state index is -1.92. The standard InChI is InChI=1S/C32H28N6O8S4/c1-15(39)45-31-25(43)37-21-27(17-9-5-7-11-19(17)33-21,13-29(37,47-49-31)23(41)35(31)3)28-14-30-24(42)36(4)32(50-48-30,46-16(2)40)26(44)38(30)22(28)34-20-12-8-6-10-18(20)28/h5-12,21-22,33-34H,13-14H2,1-4H3. The van der Waals surface area contributed by atoms with Crippen molar-refractivity contribution in [2.24, 2.45) is 0 Å². The van der Waals surface area contributed by atoms with Gasteiger partial charge in [0, 0.05) is 52.2 Å². The molecular weight excluding hydrogens is 725 g/mol. The lowest BCUT2D eigenvalue weighted by molar-refractivity contribution is -0.194. The number of hydrogen-bond donors (Lipinski definition) is 2. The molecule has 2 spiro atoms. The van der Waals surface area contributed by atoms with Gasteiger partial charge in [0.15, 0.2) is 9.74 Å². The van der Waals surface area contributed by atoms with E-state index in [1.54, 1.807) is 9.80 Å². The molecule has 18 heteroatoms. The number of para-hydroxylation sites is 2. The first-order chi connectivity index (χ1) is 23.8. The molecule has 0 radical (unpaired) electrons. The van der Waals surface area contributed by atoms with E-state index < -0.39 is 66.8 Å². The van der Waals surface area contributed by atoms with Crippen LogP contribution in [0.15, 0.2) is 48.5 Å². The van der Waals surface area contributed by atoms with Crippen molar-refractivity contribution < 1.29 is 38.2 Å². The van der Waals surface area contributed by atoms with Gasteiger partial charge >= 0.3 is 33.9 Å². The van der Waals surface area contributed by atoms with Gasteiger partial charge in [0.2, 0.25) is 0 Å². The molecule has 50 heavy (non-hydrogen) atoms. The fourth-order valence-electron chi connectivity index (χ4n) is 10.0. The number of nitrogens with zero attached hydrogens (tertiary/aromatic N) is 4. The lowest BCUT2D eigenvalue weighted by Crippen LogP contribution is -2.77. The Labute approximate surface area is 300 Å². The van der Waals surface area contributed by atoms with Crippen molar-refractivity contribution in [3.05, 3.63) is 59.7 Å². The second-order valence-corrected chi connectivity index (χ2v) is 18.9. The number of ether oxygens (including phenoxy) is 2. The average molecular weight is 753 g/mol. The summed E-state index contributed by atoms with van der Waals surface area (Å²) in [5.74, 6) is -3.27. The topological polar surface area (TPSA) is 158 Å². The Morgan fingerprint density at radius 2 is 1.02 bits per heavy atom. The van der Waals surface area contributed by atoms with Crippen molar-refractivity contribution >= 4 is 90.1 Å². The van der Waals surface area contributed by atoms with Crippen molar-refractivity contribution in [1.82, 2.24) is 19.6 Å². The van der Waals surface area contributed by atoms with Crippen molar-refractivity contribution in [3.63, 3.8) is 0 Å². The monoisotopic (exact) mass is 752 g/mol. The first-order valence-corrected chi connectivity index (χ1v) is 20.2. The summed E-state index contributed by atoms with van der Waals surface area (Å²) >= 11 is 0. The molecule has 14 nitrogen and oxygen atoms in total. The number of anilines is 2. The summed E-state index contributed by atoms with van der Waals surface area (Å²) in [6, 6.07) is 15.4. The van der Waals surface area contributed by atoms with Gasteiger partial charge in [0.1, 0.15) is 12.3 Å². The zero-order chi connectivity index (χ0) is 35.0. The SMILES string of the molecule is CC(=O)OC12SSC3(CC4(C56CC78SSC(OC(C)=O)(C(=O)N7C5Nc5ccccc56)N(C)C8=O)c5ccccc5NC4N3C1=O)C(=O)N2C. The van der Waals surface area contributed by atoms with Crippen LogP contribution in [0.1, 0.15) is 37.8 Å². The summed E-state index contributed by atoms with van der Waals surface area (Å²) < 4.78 is 11.4. The van der Waals surface area contributed by atoms with Crippen molar-refractivity contribution in [3.8, 4) is 0 Å². The molecule has 8 fully saturated rings. The van der Waals surface area contributed by atoms with Crippen LogP contribution in [0.25, 0.3) is 0 Å². The average Bonchev–Trinajstić information content (AvgIpc) is 3.76. The van der Waals surface area contributed by atoms with Gasteiger partial charge in [0.25, 0.3) is 11.8 Å². The third kappa shape index (κ3) is 2.96. The third-order valence-corrected chi connectivity index (χ3v) is 18.5. The number of amides is 4. The summed E-state index contributed by atoms with van der Waals surface area (Å²) in [7, 11) is 7.46. The van der Waals surface area contributed by atoms with Gasteiger partial charge in [-0.2, -0.15) is 0 Å². The number of carbonyl (C=O) groups excluding carboxylic acids is 6. The lowest BCUT2D eigenvalue weighted by Gasteiger charge is -2.56. The maximum Gasteiger partial charge on any atom is 0.326 e. The highest BCUT2D eigenvalue weighted by Gasteiger charge is 2.88. The minimum absolute atomic E-state index is 0.124. The molecular formula is C32H28N6O8S4. The highest BCUT2D eigenvalue weighted by molar-refractivity contribution is 8.78. The van der Waals surface area contributed by atoms with Crippen LogP contribution >= 0.6 is 43.2 Å². The zero-order valence-electron chi connectivity index (χ0n) is 26.9. The number of likely N-dealkylation sites (N-methyl/N-ethyl adjacent to an activating group) is 2. The molecule has 12 rings (SSSR count). The summed E-state index contributed by atoms with van der Waals surface area (Å²) in [5.41, 5.74) is 0.906. The third-order valence-electron chi connectivity index (χ3n) is 11.7. The van der Waals surface area contributed by atoms with E-state index in [0.29, 0.717) is 0 Å². The molecule has 4 bridgehead atoms. The van der Waals surface area contributed by atoms with E-state index in [9.17, 15) is 28.8 Å². The smallest absolute Gasteiger partial charge is 0.326 e. The second kappa shape index (κ2) is 9.18. The fraction of sp³-hybridized carbons (Fsp3) is 0.438. The largest absolute Gasteiger partial charge is 0.419 e. The maximum absolute atomic E-state index is 14.9. The minimum Gasteiger partial charge on any atom is -0.419 e. The Morgan fingerprint density at radius 3 is 1.40 bits per heavy atom.